The summed E-state index contributed by atoms with van der Waals surface area (Å²) in [5, 5.41) is 3.46. The Balaban J connectivity index is 1.99. The van der Waals surface area contributed by atoms with Gasteiger partial charge in [-0.05, 0) is 43.0 Å². The number of rotatable bonds is 1. The molecule has 1 aliphatic heterocycles. The summed E-state index contributed by atoms with van der Waals surface area (Å²) in [4.78, 5) is 4.53. The van der Waals surface area contributed by atoms with Crippen molar-refractivity contribution in [3.05, 3.63) is 30.1 Å². The highest BCUT2D eigenvalue weighted by atomic mass is 14.9. The van der Waals surface area contributed by atoms with Gasteiger partial charge in [-0.1, -0.05) is 0 Å². The van der Waals surface area contributed by atoms with Gasteiger partial charge in [0.2, 0.25) is 0 Å². The molecule has 1 atom stereocenters. The molecule has 3 heteroatoms. The number of hydrogen-bond acceptors (Lipinski definition) is 2. The van der Waals surface area contributed by atoms with Gasteiger partial charge in [0, 0.05) is 26.0 Å². The van der Waals surface area contributed by atoms with E-state index < -0.39 is 0 Å². The van der Waals surface area contributed by atoms with Crippen LogP contribution in [0.1, 0.15) is 24.3 Å². The van der Waals surface area contributed by atoms with Crippen LogP contribution in [-0.4, -0.2) is 22.6 Å². The van der Waals surface area contributed by atoms with Crippen LogP contribution in [0.25, 0.3) is 11.0 Å². The lowest BCUT2D eigenvalue weighted by atomic mass is 9.93. The van der Waals surface area contributed by atoms with Gasteiger partial charge in [0.15, 0.2) is 0 Å². The Labute approximate surface area is 95.5 Å². The number of hydrogen-bond donors (Lipinski definition) is 1. The van der Waals surface area contributed by atoms with Crippen molar-refractivity contribution in [3.8, 4) is 0 Å². The summed E-state index contributed by atoms with van der Waals surface area (Å²) in [5.41, 5.74) is 3.71. The second-order valence-electron chi connectivity index (χ2n) is 4.64. The van der Waals surface area contributed by atoms with Crippen LogP contribution in [-0.2, 0) is 7.05 Å². The van der Waals surface area contributed by atoms with Crippen molar-refractivity contribution in [1.82, 2.24) is 14.9 Å². The van der Waals surface area contributed by atoms with Crippen LogP contribution in [0.2, 0.25) is 0 Å². The molecule has 3 nitrogen and oxygen atoms in total. The summed E-state index contributed by atoms with van der Waals surface area (Å²) in [6.07, 6.45) is 6.67. The minimum atomic E-state index is 0.639. The first-order valence-corrected chi connectivity index (χ1v) is 5.96. The van der Waals surface area contributed by atoms with Gasteiger partial charge in [0.05, 0.1) is 11.0 Å². The predicted octanol–water partition coefficient (Wildman–Crippen LogP) is 2.04. The second kappa shape index (κ2) is 3.91. The third-order valence-electron chi connectivity index (χ3n) is 3.52. The fourth-order valence-electron chi connectivity index (χ4n) is 2.51. The molecular weight excluding hydrogens is 198 g/mol. The zero-order valence-corrected chi connectivity index (χ0v) is 9.61. The van der Waals surface area contributed by atoms with Crippen LogP contribution in [0, 0.1) is 0 Å². The molecule has 2 aromatic heterocycles. The molecule has 1 unspecified atom stereocenters. The van der Waals surface area contributed by atoms with Crippen molar-refractivity contribution in [3.63, 3.8) is 0 Å². The minimum absolute atomic E-state index is 0.639. The number of nitrogens with one attached hydrogen (secondary N) is 1. The highest BCUT2D eigenvalue weighted by molar-refractivity contribution is 5.76. The number of aromatic nitrogens is 2. The van der Waals surface area contributed by atoms with Gasteiger partial charge in [-0.3, -0.25) is 4.98 Å². The van der Waals surface area contributed by atoms with Crippen molar-refractivity contribution in [2.75, 3.05) is 13.1 Å². The minimum Gasteiger partial charge on any atom is -0.349 e. The summed E-state index contributed by atoms with van der Waals surface area (Å²) >= 11 is 0. The first-order chi connectivity index (χ1) is 7.84. The van der Waals surface area contributed by atoms with E-state index in [0.717, 1.165) is 18.6 Å². The van der Waals surface area contributed by atoms with E-state index in [1.54, 1.807) is 0 Å². The van der Waals surface area contributed by atoms with Gasteiger partial charge >= 0.3 is 0 Å². The number of fused-ring (bicyclic) bond motifs is 1. The van der Waals surface area contributed by atoms with Crippen molar-refractivity contribution < 1.29 is 0 Å². The third-order valence-corrected chi connectivity index (χ3v) is 3.52. The summed E-state index contributed by atoms with van der Waals surface area (Å²) in [6, 6.07) is 4.36. The number of pyridine rings is 1. The molecule has 0 saturated carbocycles. The molecule has 1 fully saturated rings. The molecule has 2 aromatic rings. The summed E-state index contributed by atoms with van der Waals surface area (Å²) < 4.78 is 2.14. The van der Waals surface area contributed by atoms with E-state index in [9.17, 15) is 0 Å². The topological polar surface area (TPSA) is 29.9 Å². The van der Waals surface area contributed by atoms with Crippen LogP contribution in [0.3, 0.4) is 0 Å². The van der Waals surface area contributed by atoms with Crippen LogP contribution in [0.5, 0.6) is 0 Å². The summed E-state index contributed by atoms with van der Waals surface area (Å²) in [5.74, 6) is 0.639. The Bertz CT molecular complexity index is 495. The molecule has 0 bridgehead atoms. The lowest BCUT2D eigenvalue weighted by Crippen LogP contribution is -2.28. The molecule has 84 valence electrons. The zero-order chi connectivity index (χ0) is 11.0. The first kappa shape index (κ1) is 9.85. The normalized spacial score (nSPS) is 21.4. The number of aryl methyl sites for hydroxylation is 1. The van der Waals surface area contributed by atoms with Crippen molar-refractivity contribution in [1.29, 1.82) is 0 Å². The molecule has 0 amide bonds. The van der Waals surface area contributed by atoms with Gasteiger partial charge < -0.3 is 9.88 Å². The van der Waals surface area contributed by atoms with Crippen LogP contribution in [0.4, 0.5) is 0 Å². The second-order valence-corrected chi connectivity index (χ2v) is 4.64. The van der Waals surface area contributed by atoms with Crippen LogP contribution < -0.4 is 5.32 Å². The van der Waals surface area contributed by atoms with Crippen LogP contribution >= 0.6 is 0 Å². The Kier molecular flexibility index (Phi) is 2.40. The fraction of sp³-hybridized carbons (Fsp3) is 0.462. The molecule has 0 spiro atoms. The monoisotopic (exact) mass is 215 g/mol. The Morgan fingerprint density at radius 1 is 1.50 bits per heavy atom. The molecule has 1 N–H and O–H groups in total. The molecule has 3 heterocycles. The van der Waals surface area contributed by atoms with Crippen molar-refractivity contribution >= 4 is 11.0 Å². The zero-order valence-electron chi connectivity index (χ0n) is 9.61. The Morgan fingerprint density at radius 2 is 2.44 bits per heavy atom. The van der Waals surface area contributed by atoms with E-state index in [4.69, 9.17) is 0 Å². The molecular formula is C13H17N3. The van der Waals surface area contributed by atoms with Gasteiger partial charge in [0.1, 0.15) is 0 Å². The molecule has 0 aromatic carbocycles. The van der Waals surface area contributed by atoms with Crippen molar-refractivity contribution in [2.45, 2.75) is 18.8 Å². The smallest absolute Gasteiger partial charge is 0.0881 e. The molecule has 1 saturated heterocycles. The van der Waals surface area contributed by atoms with E-state index in [1.807, 2.05) is 6.20 Å². The fourth-order valence-corrected chi connectivity index (χ4v) is 2.51. The average molecular weight is 215 g/mol. The SMILES string of the molecule is Cn1ccc2ncc(C3CCCNC3)cc21. The van der Waals surface area contributed by atoms with Gasteiger partial charge in [-0.25, -0.2) is 0 Å². The maximum atomic E-state index is 4.53. The maximum Gasteiger partial charge on any atom is 0.0881 e. The highest BCUT2D eigenvalue weighted by Crippen LogP contribution is 2.25. The van der Waals surface area contributed by atoms with Crippen LogP contribution in [0.15, 0.2) is 24.5 Å². The largest absolute Gasteiger partial charge is 0.349 e. The predicted molar refractivity (Wildman–Crippen MR) is 65.6 cm³/mol. The molecule has 0 radical (unpaired) electrons. The molecule has 3 rings (SSSR count). The third kappa shape index (κ3) is 1.61. The van der Waals surface area contributed by atoms with E-state index in [2.05, 4.69) is 40.2 Å². The lowest BCUT2D eigenvalue weighted by molar-refractivity contribution is 0.461. The summed E-state index contributed by atoms with van der Waals surface area (Å²) in [6.45, 7) is 2.26. The Hall–Kier alpha value is -1.35. The number of piperidine rings is 1. The van der Waals surface area contributed by atoms with E-state index in [1.165, 1.54) is 23.9 Å². The van der Waals surface area contributed by atoms with Gasteiger partial charge in [0.25, 0.3) is 0 Å². The number of nitrogens with zero attached hydrogens (tertiary/aromatic N) is 2. The van der Waals surface area contributed by atoms with E-state index in [-0.39, 0.29) is 0 Å². The first-order valence-electron chi connectivity index (χ1n) is 5.96. The van der Waals surface area contributed by atoms with E-state index in [0.29, 0.717) is 5.92 Å². The highest BCUT2D eigenvalue weighted by Gasteiger charge is 2.16. The van der Waals surface area contributed by atoms with Gasteiger partial charge in [-0.2, -0.15) is 0 Å². The molecule has 1 aliphatic rings. The Morgan fingerprint density at radius 3 is 3.25 bits per heavy atom. The van der Waals surface area contributed by atoms with E-state index >= 15 is 0 Å². The molecule has 0 aliphatic carbocycles. The van der Waals surface area contributed by atoms with Crippen molar-refractivity contribution in [2.24, 2.45) is 7.05 Å². The average Bonchev–Trinajstić information content (AvgIpc) is 2.72. The maximum absolute atomic E-state index is 4.53. The molecule has 16 heavy (non-hydrogen) atoms. The lowest BCUT2D eigenvalue weighted by Gasteiger charge is -2.22. The summed E-state index contributed by atoms with van der Waals surface area (Å²) in [7, 11) is 2.08. The van der Waals surface area contributed by atoms with Gasteiger partial charge in [-0.15, -0.1) is 0 Å². The standard InChI is InChI=1S/C13H17N3/c1-16-6-4-12-13(16)7-11(9-15-12)10-3-2-5-14-8-10/h4,6-7,9-10,14H,2-3,5,8H2,1H3. The quantitative estimate of drug-likeness (QED) is 0.789.